The number of piperidine rings is 1. The predicted octanol–water partition coefficient (Wildman–Crippen LogP) is 3.70. The van der Waals surface area contributed by atoms with Crippen LogP contribution in [0.5, 0.6) is 11.5 Å². The van der Waals surface area contributed by atoms with E-state index in [1.54, 1.807) is 26.4 Å². The van der Waals surface area contributed by atoms with Crippen molar-refractivity contribution in [3.63, 3.8) is 0 Å². The molecule has 4 rings (SSSR count). The van der Waals surface area contributed by atoms with Crippen LogP contribution in [0.25, 0.3) is 11.0 Å². The van der Waals surface area contributed by atoms with Gasteiger partial charge in [0, 0.05) is 29.6 Å². The summed E-state index contributed by atoms with van der Waals surface area (Å²) < 4.78 is 15.9. The Balaban J connectivity index is 1.33. The highest BCUT2D eigenvalue weighted by atomic mass is 16.5. The molecule has 0 spiro atoms. The molecule has 1 N–H and O–H groups in total. The summed E-state index contributed by atoms with van der Waals surface area (Å²) in [5.74, 6) is 1.27. The van der Waals surface area contributed by atoms with Crippen LogP contribution in [0, 0.1) is 5.92 Å². The molecule has 1 aliphatic rings. The molecule has 7 nitrogen and oxygen atoms in total. The van der Waals surface area contributed by atoms with Gasteiger partial charge in [-0.1, -0.05) is 17.3 Å². The van der Waals surface area contributed by atoms with Crippen LogP contribution in [0.3, 0.4) is 0 Å². The van der Waals surface area contributed by atoms with Gasteiger partial charge in [0.15, 0.2) is 17.1 Å². The van der Waals surface area contributed by atoms with Crippen molar-refractivity contribution in [1.82, 2.24) is 10.1 Å². The Hall–Kier alpha value is -3.06. The first-order valence-corrected chi connectivity index (χ1v) is 9.76. The number of likely N-dealkylation sites (tertiary alicyclic amines) is 1. The van der Waals surface area contributed by atoms with Crippen molar-refractivity contribution in [2.24, 2.45) is 5.92 Å². The van der Waals surface area contributed by atoms with E-state index in [2.05, 4.69) is 15.4 Å². The minimum Gasteiger partial charge on any atom is -0.493 e. The number of fused-ring (bicyclic) bond motifs is 1. The lowest BCUT2D eigenvalue weighted by atomic mass is 9.95. The normalized spacial score (nSPS) is 15.4. The lowest BCUT2D eigenvalue weighted by molar-refractivity contribution is -0.121. The predicted molar refractivity (Wildman–Crippen MR) is 110 cm³/mol. The zero-order valence-electron chi connectivity index (χ0n) is 16.7. The van der Waals surface area contributed by atoms with E-state index in [-0.39, 0.29) is 11.8 Å². The molecule has 1 aromatic heterocycles. The largest absolute Gasteiger partial charge is 0.493 e. The van der Waals surface area contributed by atoms with Crippen molar-refractivity contribution in [2.45, 2.75) is 19.4 Å². The number of hydrogen-bond donors (Lipinski definition) is 1. The SMILES string of the molecule is COc1ccc(NC(=O)C2CCN(Cc3noc4ccccc34)CC2)cc1OC. The van der Waals surface area contributed by atoms with Gasteiger partial charge in [0.25, 0.3) is 0 Å². The quantitative estimate of drug-likeness (QED) is 0.686. The molecule has 0 unspecified atom stereocenters. The number of amides is 1. The van der Waals surface area contributed by atoms with E-state index >= 15 is 0 Å². The molecule has 1 fully saturated rings. The molecule has 0 radical (unpaired) electrons. The summed E-state index contributed by atoms with van der Waals surface area (Å²) in [5.41, 5.74) is 2.48. The Kier molecular flexibility index (Phi) is 5.67. The second-order valence-electron chi connectivity index (χ2n) is 7.23. The van der Waals surface area contributed by atoms with Gasteiger partial charge in [-0.2, -0.15) is 0 Å². The van der Waals surface area contributed by atoms with Gasteiger partial charge in [0.05, 0.1) is 14.2 Å². The molecule has 1 saturated heterocycles. The first-order chi connectivity index (χ1) is 14.2. The zero-order chi connectivity index (χ0) is 20.2. The van der Waals surface area contributed by atoms with Crippen molar-refractivity contribution in [2.75, 3.05) is 32.6 Å². The number of para-hydroxylation sites is 1. The molecule has 2 aromatic carbocycles. The fraction of sp³-hybridized carbons (Fsp3) is 0.364. The highest BCUT2D eigenvalue weighted by Crippen LogP contribution is 2.30. The topological polar surface area (TPSA) is 76.8 Å². The lowest BCUT2D eigenvalue weighted by Gasteiger charge is -2.30. The highest BCUT2D eigenvalue weighted by molar-refractivity contribution is 5.93. The molecular formula is C22H25N3O4. The third-order valence-electron chi connectivity index (χ3n) is 5.43. The number of carbonyl (C=O) groups is 1. The van der Waals surface area contributed by atoms with Gasteiger partial charge in [0.2, 0.25) is 5.91 Å². The van der Waals surface area contributed by atoms with Gasteiger partial charge in [-0.15, -0.1) is 0 Å². The molecule has 0 atom stereocenters. The summed E-state index contributed by atoms with van der Waals surface area (Å²) in [6.45, 7) is 2.44. The standard InChI is InChI=1S/C22H25N3O4/c1-27-20-8-7-16(13-21(20)28-2)23-22(26)15-9-11-25(12-10-15)14-18-17-5-3-4-6-19(17)29-24-18/h3-8,13,15H,9-12,14H2,1-2H3,(H,23,26). The first kappa shape index (κ1) is 19.3. The molecule has 0 aliphatic carbocycles. The summed E-state index contributed by atoms with van der Waals surface area (Å²) in [6.07, 6.45) is 1.63. The van der Waals surface area contributed by atoms with Crippen molar-refractivity contribution in [3.8, 4) is 11.5 Å². The van der Waals surface area contributed by atoms with Crippen LogP contribution in [0.1, 0.15) is 18.5 Å². The van der Waals surface area contributed by atoms with E-state index in [0.29, 0.717) is 17.2 Å². The summed E-state index contributed by atoms with van der Waals surface area (Å²) in [6, 6.07) is 13.3. The van der Waals surface area contributed by atoms with Crippen LogP contribution < -0.4 is 14.8 Å². The monoisotopic (exact) mass is 395 g/mol. The van der Waals surface area contributed by atoms with E-state index in [4.69, 9.17) is 14.0 Å². The average Bonchev–Trinajstić information content (AvgIpc) is 3.17. The van der Waals surface area contributed by atoms with E-state index in [0.717, 1.165) is 49.1 Å². The molecule has 0 bridgehead atoms. The van der Waals surface area contributed by atoms with E-state index < -0.39 is 0 Å². The van der Waals surface area contributed by atoms with Crippen LogP contribution in [-0.2, 0) is 11.3 Å². The highest BCUT2D eigenvalue weighted by Gasteiger charge is 2.26. The number of benzene rings is 2. The molecule has 0 saturated carbocycles. The van der Waals surface area contributed by atoms with Gasteiger partial charge in [-0.25, -0.2) is 0 Å². The summed E-state index contributed by atoms with van der Waals surface area (Å²) in [4.78, 5) is 15.0. The Labute approximate surface area is 169 Å². The molecule has 1 aliphatic heterocycles. The Morgan fingerprint density at radius 1 is 1.14 bits per heavy atom. The lowest BCUT2D eigenvalue weighted by Crippen LogP contribution is -2.37. The summed E-state index contributed by atoms with van der Waals surface area (Å²) >= 11 is 0. The van der Waals surface area contributed by atoms with Crippen molar-refractivity contribution < 1.29 is 18.8 Å². The average molecular weight is 395 g/mol. The number of carbonyl (C=O) groups excluding carboxylic acids is 1. The minimum absolute atomic E-state index is 0.00611. The van der Waals surface area contributed by atoms with E-state index in [1.165, 1.54) is 0 Å². The molecule has 152 valence electrons. The molecule has 3 aromatic rings. The first-order valence-electron chi connectivity index (χ1n) is 9.76. The number of rotatable bonds is 6. The Morgan fingerprint density at radius 2 is 1.90 bits per heavy atom. The smallest absolute Gasteiger partial charge is 0.227 e. The number of nitrogens with zero attached hydrogens (tertiary/aromatic N) is 2. The van der Waals surface area contributed by atoms with Crippen LogP contribution >= 0.6 is 0 Å². The third-order valence-corrected chi connectivity index (χ3v) is 5.43. The van der Waals surface area contributed by atoms with Gasteiger partial charge in [-0.3, -0.25) is 9.69 Å². The van der Waals surface area contributed by atoms with Crippen LogP contribution in [0.2, 0.25) is 0 Å². The van der Waals surface area contributed by atoms with Crippen LogP contribution in [-0.4, -0.2) is 43.3 Å². The van der Waals surface area contributed by atoms with Gasteiger partial charge in [0.1, 0.15) is 5.69 Å². The number of aromatic nitrogens is 1. The van der Waals surface area contributed by atoms with Crippen molar-refractivity contribution in [3.05, 3.63) is 48.2 Å². The molecule has 7 heteroatoms. The number of anilines is 1. The maximum Gasteiger partial charge on any atom is 0.227 e. The second kappa shape index (κ2) is 8.53. The Morgan fingerprint density at radius 3 is 2.66 bits per heavy atom. The fourth-order valence-electron chi connectivity index (χ4n) is 3.78. The molecule has 1 amide bonds. The number of nitrogens with one attached hydrogen (secondary N) is 1. The second-order valence-corrected chi connectivity index (χ2v) is 7.23. The van der Waals surface area contributed by atoms with Crippen molar-refractivity contribution in [1.29, 1.82) is 0 Å². The number of hydrogen-bond acceptors (Lipinski definition) is 6. The van der Waals surface area contributed by atoms with Gasteiger partial charge in [-0.05, 0) is 50.2 Å². The minimum atomic E-state index is -0.00611. The molecule has 2 heterocycles. The fourth-order valence-corrected chi connectivity index (χ4v) is 3.78. The van der Waals surface area contributed by atoms with Gasteiger partial charge >= 0.3 is 0 Å². The number of ether oxygens (including phenoxy) is 2. The Bertz CT molecular complexity index is 993. The van der Waals surface area contributed by atoms with Crippen LogP contribution in [0.15, 0.2) is 47.0 Å². The molecular weight excluding hydrogens is 370 g/mol. The third kappa shape index (κ3) is 4.19. The molecule has 29 heavy (non-hydrogen) atoms. The van der Waals surface area contributed by atoms with Crippen molar-refractivity contribution >= 4 is 22.6 Å². The zero-order valence-corrected chi connectivity index (χ0v) is 16.7. The van der Waals surface area contributed by atoms with Crippen LogP contribution in [0.4, 0.5) is 5.69 Å². The van der Waals surface area contributed by atoms with E-state index in [9.17, 15) is 4.79 Å². The summed E-state index contributed by atoms with van der Waals surface area (Å²) in [5, 5.41) is 8.27. The summed E-state index contributed by atoms with van der Waals surface area (Å²) in [7, 11) is 3.17. The van der Waals surface area contributed by atoms with Gasteiger partial charge < -0.3 is 19.3 Å². The maximum atomic E-state index is 12.7. The maximum absolute atomic E-state index is 12.7. The number of methoxy groups -OCH3 is 2. The van der Waals surface area contributed by atoms with E-state index in [1.807, 2.05) is 30.3 Å².